The molecule has 98 heavy (non-hydrogen) atoms. The molecule has 0 rings (SSSR count). The van der Waals surface area contributed by atoms with Crippen LogP contribution in [0.5, 0.6) is 0 Å². The maximum absolute atomic E-state index is 13.1. The topological polar surface area (TPSA) is 237 Å². The summed E-state index contributed by atoms with van der Waals surface area (Å²) in [5.41, 5.74) is 0. The van der Waals surface area contributed by atoms with Crippen LogP contribution in [0, 0.1) is 0 Å². The van der Waals surface area contributed by atoms with Crippen LogP contribution in [0.4, 0.5) is 0 Å². The zero-order chi connectivity index (χ0) is 71.8. The lowest BCUT2D eigenvalue weighted by Gasteiger charge is -2.21. The molecule has 0 heterocycles. The summed E-state index contributed by atoms with van der Waals surface area (Å²) in [7, 11) is -9.97. The summed E-state index contributed by atoms with van der Waals surface area (Å²) < 4.78 is 68.3. The highest BCUT2D eigenvalue weighted by Gasteiger charge is 2.30. The number of ether oxygens (including phenoxy) is 4. The van der Waals surface area contributed by atoms with Gasteiger partial charge in [-0.3, -0.25) is 37.3 Å². The molecule has 0 aliphatic heterocycles. The molecule has 0 aromatic rings. The van der Waals surface area contributed by atoms with Crippen LogP contribution in [0.2, 0.25) is 0 Å². The molecule has 0 amide bonds. The molecule has 3 N–H and O–H groups in total. The molecule has 0 aromatic carbocycles. The Balaban J connectivity index is 5.38. The number of esters is 4. The highest BCUT2D eigenvalue weighted by atomic mass is 31.2. The third-order valence-corrected chi connectivity index (χ3v) is 17.6. The largest absolute Gasteiger partial charge is 0.472 e. The molecule has 0 spiro atoms. The first-order chi connectivity index (χ1) is 47.7. The molecule has 0 fully saturated rings. The maximum atomic E-state index is 13.1. The Bertz CT molecular complexity index is 2290. The van der Waals surface area contributed by atoms with Crippen molar-refractivity contribution >= 4 is 39.5 Å². The van der Waals surface area contributed by atoms with Crippen molar-refractivity contribution in [1.29, 1.82) is 0 Å². The van der Waals surface area contributed by atoms with Gasteiger partial charge in [-0.15, -0.1) is 0 Å². The zero-order valence-electron chi connectivity index (χ0n) is 61.4. The van der Waals surface area contributed by atoms with Crippen molar-refractivity contribution in [2.45, 2.75) is 329 Å². The van der Waals surface area contributed by atoms with Gasteiger partial charge in [0.15, 0.2) is 12.2 Å². The third-order valence-electron chi connectivity index (χ3n) is 15.7. The monoisotopic (exact) mass is 1420 g/mol. The van der Waals surface area contributed by atoms with E-state index in [9.17, 15) is 43.2 Å². The van der Waals surface area contributed by atoms with E-state index < -0.39 is 97.5 Å². The predicted octanol–water partition coefficient (Wildman–Crippen LogP) is 21.8. The van der Waals surface area contributed by atoms with E-state index in [0.717, 1.165) is 141 Å². The number of aliphatic hydroxyl groups is 1. The molecular weight excluding hydrogens is 1280 g/mol. The van der Waals surface area contributed by atoms with E-state index in [4.69, 9.17) is 37.0 Å². The fourth-order valence-electron chi connectivity index (χ4n) is 9.90. The summed E-state index contributed by atoms with van der Waals surface area (Å²) in [6.07, 6.45) is 75.3. The predicted molar refractivity (Wildman–Crippen MR) is 399 cm³/mol. The molecular formula is C79H136O17P2. The third kappa shape index (κ3) is 70.2. The van der Waals surface area contributed by atoms with Crippen molar-refractivity contribution in [2.75, 3.05) is 39.6 Å². The average Bonchev–Trinajstić information content (AvgIpc) is 0.972. The Labute approximate surface area is 594 Å². The van der Waals surface area contributed by atoms with E-state index in [1.54, 1.807) is 0 Å². The maximum Gasteiger partial charge on any atom is 0.472 e. The minimum absolute atomic E-state index is 0.0367. The van der Waals surface area contributed by atoms with Gasteiger partial charge in [0.1, 0.15) is 19.3 Å². The first kappa shape index (κ1) is 93.7. The molecule has 17 nitrogen and oxygen atoms in total. The summed E-state index contributed by atoms with van der Waals surface area (Å²) in [6.45, 7) is 4.59. The van der Waals surface area contributed by atoms with E-state index in [1.165, 1.54) is 83.5 Å². The number of unbranched alkanes of at least 4 members (excludes halogenated alkanes) is 27. The molecule has 0 bridgehead atoms. The molecule has 5 unspecified atom stereocenters. The van der Waals surface area contributed by atoms with E-state index >= 15 is 0 Å². The Morgan fingerprint density at radius 2 is 0.561 bits per heavy atom. The smallest absolute Gasteiger partial charge is 0.462 e. The molecule has 19 heteroatoms. The van der Waals surface area contributed by atoms with Crippen LogP contribution in [0.25, 0.3) is 0 Å². The van der Waals surface area contributed by atoms with Crippen LogP contribution in [0.15, 0.2) is 109 Å². The summed E-state index contributed by atoms with van der Waals surface area (Å²) in [5, 5.41) is 10.6. The summed E-state index contributed by atoms with van der Waals surface area (Å²) >= 11 is 0. The van der Waals surface area contributed by atoms with Gasteiger partial charge in [-0.2, -0.15) is 0 Å². The minimum atomic E-state index is -4.99. The fourth-order valence-corrected chi connectivity index (χ4v) is 11.5. The van der Waals surface area contributed by atoms with Crippen molar-refractivity contribution in [3.8, 4) is 0 Å². The number of carbonyl (C=O) groups is 4. The van der Waals surface area contributed by atoms with Crippen molar-refractivity contribution in [1.82, 2.24) is 0 Å². The lowest BCUT2D eigenvalue weighted by Crippen LogP contribution is -2.30. The lowest BCUT2D eigenvalue weighted by atomic mass is 10.0. The standard InChI is InChI=1S/C79H136O17P2/c1-5-9-13-17-21-25-29-32-34-35-36-37-39-42-45-48-52-56-60-64-77(82)90-70-75(96-79(84)66-62-58-54-50-46-40-31-27-23-19-15-11-7-3)72-94-98(87,88)92-68-73(80)67-91-97(85,86)93-71-74(95-78(83)65-61-57-53-49-43-28-24-20-16-12-8-4)69-89-76(81)63-59-55-51-47-44-41-38-33-30-26-22-18-14-10-6-2/h9,13,20-22,24-26,32-34,36-38,42,45,52,56,73-75,80H,5-8,10-12,14-19,23,27-31,35,39-41,43-44,46-51,53-55,57-72H2,1-4H3,(H,85,86)(H,87,88)/b13-9-,24-20-,25-21-,26-22-,34-32-,37-36-,38-33-,45-42-,56-52-. The second-order valence-electron chi connectivity index (χ2n) is 25.2. The molecule has 0 aliphatic rings. The van der Waals surface area contributed by atoms with Gasteiger partial charge in [0.2, 0.25) is 0 Å². The van der Waals surface area contributed by atoms with Gasteiger partial charge in [-0.1, -0.05) is 278 Å². The zero-order valence-corrected chi connectivity index (χ0v) is 63.2. The number of rotatable bonds is 71. The summed E-state index contributed by atoms with van der Waals surface area (Å²) in [6, 6.07) is 0. The summed E-state index contributed by atoms with van der Waals surface area (Å²) in [5.74, 6) is -2.29. The average molecular weight is 1420 g/mol. The fraction of sp³-hybridized carbons (Fsp3) is 0.722. The number of allylic oxidation sites excluding steroid dienone is 18. The summed E-state index contributed by atoms with van der Waals surface area (Å²) in [4.78, 5) is 72.7. The Morgan fingerprint density at radius 3 is 0.939 bits per heavy atom. The minimum Gasteiger partial charge on any atom is -0.462 e. The van der Waals surface area contributed by atoms with Crippen LogP contribution in [0.3, 0.4) is 0 Å². The number of hydrogen-bond acceptors (Lipinski definition) is 15. The second kappa shape index (κ2) is 71.1. The quantitative estimate of drug-likeness (QED) is 0.0169. The van der Waals surface area contributed by atoms with Gasteiger partial charge < -0.3 is 33.8 Å². The first-order valence-corrected chi connectivity index (χ1v) is 41.1. The number of hydrogen-bond donors (Lipinski definition) is 3. The molecule has 0 saturated carbocycles. The van der Waals surface area contributed by atoms with Crippen LogP contribution < -0.4 is 0 Å². The number of phosphoric acid groups is 2. The van der Waals surface area contributed by atoms with Gasteiger partial charge in [0.05, 0.1) is 26.4 Å². The highest BCUT2D eigenvalue weighted by molar-refractivity contribution is 7.47. The van der Waals surface area contributed by atoms with Gasteiger partial charge in [0, 0.05) is 25.7 Å². The van der Waals surface area contributed by atoms with Gasteiger partial charge in [0.25, 0.3) is 0 Å². The Kier molecular flexibility index (Phi) is 68.0. The van der Waals surface area contributed by atoms with Crippen LogP contribution >= 0.6 is 15.6 Å². The van der Waals surface area contributed by atoms with E-state index in [0.29, 0.717) is 32.1 Å². The first-order valence-electron chi connectivity index (χ1n) is 38.1. The second-order valence-corrected chi connectivity index (χ2v) is 28.1. The van der Waals surface area contributed by atoms with Gasteiger partial charge in [-0.05, 0) is 116 Å². The van der Waals surface area contributed by atoms with Crippen LogP contribution in [0.1, 0.15) is 310 Å². The molecule has 0 aromatic heterocycles. The number of phosphoric ester groups is 2. The molecule has 0 radical (unpaired) electrons. The van der Waals surface area contributed by atoms with Crippen molar-refractivity contribution in [3.05, 3.63) is 109 Å². The molecule has 5 atom stereocenters. The van der Waals surface area contributed by atoms with Gasteiger partial charge >= 0.3 is 39.5 Å². The molecule has 0 saturated heterocycles. The van der Waals surface area contributed by atoms with Crippen molar-refractivity contribution < 1.29 is 80.2 Å². The molecule has 564 valence electrons. The van der Waals surface area contributed by atoms with Crippen molar-refractivity contribution in [2.24, 2.45) is 0 Å². The lowest BCUT2D eigenvalue weighted by molar-refractivity contribution is -0.161. The van der Waals surface area contributed by atoms with Crippen LogP contribution in [-0.2, 0) is 65.4 Å². The Morgan fingerprint density at radius 1 is 0.296 bits per heavy atom. The van der Waals surface area contributed by atoms with E-state index in [-0.39, 0.29) is 25.7 Å². The molecule has 0 aliphatic carbocycles. The normalized spacial score (nSPS) is 14.6. The van der Waals surface area contributed by atoms with Gasteiger partial charge in [-0.25, -0.2) is 9.13 Å². The van der Waals surface area contributed by atoms with E-state index in [2.05, 4.69) is 119 Å². The van der Waals surface area contributed by atoms with Crippen molar-refractivity contribution in [3.63, 3.8) is 0 Å². The highest BCUT2D eigenvalue weighted by Crippen LogP contribution is 2.45. The SMILES string of the molecule is CC/C=C\C/C=C\C/C=C\C/C=C\C/C=C\C/C=C\CCC(=O)OCC(COP(=O)(O)OCC(O)COP(=O)(O)OCC(COC(=O)CCCCCCC/C=C\C/C=C\CCCCC)OC(=O)CCCCCCC/C=C\CCCC)OC(=O)CCCCCCCCCCCCCCC. The Hall–Kier alpha value is -4.28. The van der Waals surface area contributed by atoms with Crippen LogP contribution in [-0.4, -0.2) is 96.7 Å². The van der Waals surface area contributed by atoms with E-state index in [1.807, 2.05) is 18.2 Å². The number of carbonyl (C=O) groups excluding carboxylic acids is 4. The number of aliphatic hydroxyl groups excluding tert-OH is 1.